The fourth-order valence-corrected chi connectivity index (χ4v) is 5.24. The smallest absolute Gasteiger partial charge is 0.331 e. The van der Waals surface area contributed by atoms with Gasteiger partial charge in [0.15, 0.2) is 0 Å². The molecule has 2 saturated heterocycles. The lowest BCUT2D eigenvalue weighted by Gasteiger charge is -2.26. The molecule has 0 saturated carbocycles. The van der Waals surface area contributed by atoms with Gasteiger partial charge < -0.3 is 9.64 Å². The Balaban J connectivity index is 1.47. The van der Waals surface area contributed by atoms with Crippen LogP contribution in [0.2, 0.25) is 0 Å². The Morgan fingerprint density at radius 1 is 0.718 bits per heavy atom. The number of ether oxygens (including phenoxy) is 1. The number of urea groups is 2. The summed E-state index contributed by atoms with van der Waals surface area (Å²) in [6.07, 6.45) is 11.6. The van der Waals surface area contributed by atoms with Crippen LogP contribution in [0.5, 0.6) is 0 Å². The van der Waals surface area contributed by atoms with Gasteiger partial charge in [-0.1, -0.05) is 53.5 Å². The highest BCUT2D eigenvalue weighted by molar-refractivity contribution is 6.02. The van der Waals surface area contributed by atoms with Gasteiger partial charge in [-0.05, 0) is 62.7 Å². The zero-order chi connectivity index (χ0) is 29.1. The molecular formula is C30H52N4O5. The second kappa shape index (κ2) is 15.4. The predicted octanol–water partition coefficient (Wildman–Crippen LogP) is 5.65. The number of hydrogen-bond acceptors (Lipinski definition) is 5. The Labute approximate surface area is 235 Å². The third-order valence-corrected chi connectivity index (χ3v) is 8.10. The Hall–Kier alpha value is -2.42. The molecule has 0 N–H and O–H groups in total. The molecule has 0 spiro atoms. The van der Waals surface area contributed by atoms with Crippen LogP contribution in [0.15, 0.2) is 12.8 Å². The number of nitrogens with zero attached hydrogens (tertiary/aromatic N) is 4. The Kier molecular flexibility index (Phi) is 12.9. The van der Waals surface area contributed by atoms with Crippen molar-refractivity contribution in [1.82, 2.24) is 19.6 Å². The van der Waals surface area contributed by atoms with E-state index in [1.807, 2.05) is 6.92 Å². The highest BCUT2D eigenvalue weighted by atomic mass is 16.5. The Morgan fingerprint density at radius 2 is 1.23 bits per heavy atom. The van der Waals surface area contributed by atoms with Crippen LogP contribution < -0.4 is 0 Å². The molecule has 0 radical (unpaired) electrons. The van der Waals surface area contributed by atoms with Crippen LogP contribution >= 0.6 is 0 Å². The number of unbranched alkanes of at least 4 members (excludes halogenated alkanes) is 3. The van der Waals surface area contributed by atoms with Crippen molar-refractivity contribution in [3.8, 4) is 0 Å². The molecule has 6 amide bonds. The maximum absolute atomic E-state index is 12.2. The van der Waals surface area contributed by atoms with E-state index in [1.165, 1.54) is 20.9 Å². The van der Waals surface area contributed by atoms with Crippen molar-refractivity contribution in [2.75, 3.05) is 45.9 Å². The van der Waals surface area contributed by atoms with E-state index in [9.17, 15) is 19.2 Å². The minimum absolute atomic E-state index is 0.0587. The molecule has 0 aromatic carbocycles. The fourth-order valence-electron chi connectivity index (χ4n) is 5.24. The monoisotopic (exact) mass is 548 g/mol. The molecule has 0 aromatic rings. The minimum Gasteiger partial charge on any atom is -0.381 e. The van der Waals surface area contributed by atoms with Crippen LogP contribution in [0.25, 0.3) is 0 Å². The van der Waals surface area contributed by atoms with Crippen molar-refractivity contribution < 1.29 is 23.9 Å². The highest BCUT2D eigenvalue weighted by Gasteiger charge is 2.36. The van der Waals surface area contributed by atoms with E-state index in [-0.39, 0.29) is 47.8 Å². The summed E-state index contributed by atoms with van der Waals surface area (Å²) in [5.74, 6) is -0.220. The average molecular weight is 549 g/mol. The molecule has 9 nitrogen and oxygen atoms in total. The predicted molar refractivity (Wildman–Crippen MR) is 153 cm³/mol. The molecule has 222 valence electrons. The highest BCUT2D eigenvalue weighted by Crippen LogP contribution is 2.30. The summed E-state index contributed by atoms with van der Waals surface area (Å²) < 4.78 is 5.86. The molecule has 2 fully saturated rings. The minimum atomic E-state index is -0.265. The molecule has 2 rings (SSSR count). The van der Waals surface area contributed by atoms with Crippen LogP contribution in [0, 0.1) is 10.8 Å². The van der Waals surface area contributed by atoms with Crippen molar-refractivity contribution in [3.05, 3.63) is 12.8 Å². The van der Waals surface area contributed by atoms with Crippen molar-refractivity contribution in [2.24, 2.45) is 10.8 Å². The first-order valence-electron chi connectivity index (χ1n) is 14.8. The molecule has 0 atom stereocenters. The summed E-state index contributed by atoms with van der Waals surface area (Å²) in [4.78, 5) is 54.1. The van der Waals surface area contributed by atoms with E-state index < -0.39 is 0 Å². The molecule has 0 aromatic heterocycles. The Morgan fingerprint density at radius 3 is 1.74 bits per heavy atom. The van der Waals surface area contributed by atoms with Crippen molar-refractivity contribution in [2.45, 2.75) is 98.8 Å². The maximum atomic E-state index is 12.2. The summed E-state index contributed by atoms with van der Waals surface area (Å²) in [7, 11) is 0. The van der Waals surface area contributed by atoms with Gasteiger partial charge in [0, 0.05) is 39.0 Å². The van der Waals surface area contributed by atoms with Crippen LogP contribution in [0.1, 0.15) is 98.8 Å². The van der Waals surface area contributed by atoms with Crippen molar-refractivity contribution in [1.29, 1.82) is 0 Å². The first kappa shape index (κ1) is 32.8. The molecule has 2 aliphatic heterocycles. The van der Waals surface area contributed by atoms with Gasteiger partial charge in [-0.3, -0.25) is 24.3 Å². The normalized spacial score (nSPS) is 16.8. The van der Waals surface area contributed by atoms with E-state index in [1.54, 1.807) is 4.90 Å². The number of amides is 6. The van der Waals surface area contributed by atoms with Gasteiger partial charge in [-0.2, -0.15) is 0 Å². The quantitative estimate of drug-likeness (QED) is 0.145. The van der Waals surface area contributed by atoms with Gasteiger partial charge >= 0.3 is 12.1 Å². The van der Waals surface area contributed by atoms with Crippen molar-refractivity contribution in [3.63, 3.8) is 0 Å². The maximum Gasteiger partial charge on any atom is 0.331 e. The summed E-state index contributed by atoms with van der Waals surface area (Å²) in [6.45, 7) is 17.9. The van der Waals surface area contributed by atoms with E-state index in [2.05, 4.69) is 34.3 Å². The molecule has 0 unspecified atom stereocenters. The Bertz CT molecular complexity index is 856. The summed E-state index contributed by atoms with van der Waals surface area (Å²) in [5.41, 5.74) is 0.303. The van der Waals surface area contributed by atoms with E-state index in [0.717, 1.165) is 77.4 Å². The largest absolute Gasteiger partial charge is 0.381 e. The summed E-state index contributed by atoms with van der Waals surface area (Å²) >= 11 is 0. The standard InChI is InChI=1S/C30H52N4O5/c1-7-31-23-25(35)33(27(31)37)19-12-9-15-29(3,4)16-10-13-21-39-22-14-11-17-30(5,6)18-20-34-26(36)24-32(8-2)28(34)38/h8H,2,7,9-24H2,1,3-6H3. The number of carbonyl (C=O) groups excluding carboxylic acids is 4. The molecule has 39 heavy (non-hydrogen) atoms. The first-order valence-corrected chi connectivity index (χ1v) is 14.8. The number of rotatable bonds is 20. The van der Waals surface area contributed by atoms with Gasteiger partial charge in [-0.25, -0.2) is 9.59 Å². The van der Waals surface area contributed by atoms with Gasteiger partial charge in [0.05, 0.1) is 0 Å². The molecule has 9 heteroatoms. The van der Waals surface area contributed by atoms with Gasteiger partial charge in [-0.15, -0.1) is 0 Å². The van der Waals surface area contributed by atoms with Crippen LogP contribution in [0.3, 0.4) is 0 Å². The second-order valence-corrected chi connectivity index (χ2v) is 12.5. The number of hydrogen-bond donors (Lipinski definition) is 0. The van der Waals surface area contributed by atoms with E-state index >= 15 is 0 Å². The molecular weight excluding hydrogens is 496 g/mol. The van der Waals surface area contributed by atoms with Crippen LogP contribution in [-0.2, 0) is 14.3 Å². The SMILES string of the molecule is C=CN1CC(=O)N(CCC(C)(C)CCCCOCCCCC(C)(C)CCCCN2C(=O)CN(CC)C2=O)C1=O. The molecule has 2 aliphatic rings. The average Bonchev–Trinajstić information content (AvgIpc) is 3.32. The van der Waals surface area contributed by atoms with Crippen molar-refractivity contribution >= 4 is 23.9 Å². The lowest BCUT2D eigenvalue weighted by Crippen LogP contribution is -2.34. The third-order valence-electron chi connectivity index (χ3n) is 8.10. The molecule has 2 heterocycles. The number of likely N-dealkylation sites (N-methyl/N-ethyl adjacent to an activating group) is 1. The summed E-state index contributed by atoms with van der Waals surface area (Å²) in [5, 5.41) is 0. The lowest BCUT2D eigenvalue weighted by molar-refractivity contribution is -0.126. The molecule has 0 aliphatic carbocycles. The van der Waals surface area contributed by atoms with Gasteiger partial charge in [0.2, 0.25) is 5.91 Å². The van der Waals surface area contributed by atoms with E-state index in [0.29, 0.717) is 19.6 Å². The van der Waals surface area contributed by atoms with E-state index in [4.69, 9.17) is 4.74 Å². The number of imide groups is 2. The summed E-state index contributed by atoms with van der Waals surface area (Å²) in [6, 6.07) is -0.404. The third kappa shape index (κ3) is 10.6. The first-order chi connectivity index (χ1) is 18.4. The molecule has 0 bridgehead atoms. The zero-order valence-electron chi connectivity index (χ0n) is 25.1. The topological polar surface area (TPSA) is 90.5 Å². The van der Waals surface area contributed by atoms with Crippen LogP contribution in [0.4, 0.5) is 9.59 Å². The second-order valence-electron chi connectivity index (χ2n) is 12.5. The van der Waals surface area contributed by atoms with Gasteiger partial charge in [0.25, 0.3) is 5.91 Å². The zero-order valence-corrected chi connectivity index (χ0v) is 25.1. The van der Waals surface area contributed by atoms with Crippen LogP contribution in [-0.4, -0.2) is 89.4 Å². The fraction of sp³-hybridized carbons (Fsp3) is 0.800. The van der Waals surface area contributed by atoms with Gasteiger partial charge in [0.1, 0.15) is 13.1 Å². The lowest BCUT2D eigenvalue weighted by atomic mass is 9.82. The number of carbonyl (C=O) groups is 4.